The van der Waals surface area contributed by atoms with Gasteiger partial charge in [-0.1, -0.05) is 6.07 Å². The molecule has 0 bridgehead atoms. The molecule has 126 valence electrons. The van der Waals surface area contributed by atoms with Crippen LogP contribution >= 0.6 is 0 Å². The summed E-state index contributed by atoms with van der Waals surface area (Å²) in [7, 11) is 0. The third-order valence-corrected chi connectivity index (χ3v) is 5.07. The molecule has 2 aliphatic rings. The Bertz CT molecular complexity index is 985. The summed E-state index contributed by atoms with van der Waals surface area (Å²) in [6.45, 7) is 1.42. The molecule has 0 amide bonds. The van der Waals surface area contributed by atoms with Gasteiger partial charge in [0.25, 0.3) is 0 Å². The molecule has 6 heteroatoms. The van der Waals surface area contributed by atoms with Gasteiger partial charge >= 0.3 is 0 Å². The maximum atomic E-state index is 13.7. The Labute approximate surface area is 143 Å². The average Bonchev–Trinajstić information content (AvgIpc) is 3.46. The maximum absolute atomic E-state index is 13.7. The van der Waals surface area contributed by atoms with Crippen LogP contribution in [-0.4, -0.2) is 21.5 Å². The number of pyridine rings is 1. The van der Waals surface area contributed by atoms with Crippen molar-refractivity contribution < 1.29 is 8.78 Å². The molecule has 3 aromatic rings. The van der Waals surface area contributed by atoms with Gasteiger partial charge in [0.1, 0.15) is 12.1 Å². The lowest BCUT2D eigenvalue weighted by Gasteiger charge is -2.30. The summed E-state index contributed by atoms with van der Waals surface area (Å²) >= 11 is 0. The molecule has 0 radical (unpaired) electrons. The van der Waals surface area contributed by atoms with E-state index in [1.165, 1.54) is 36.4 Å². The molecular weight excluding hydrogens is 322 g/mol. The molecule has 4 nitrogen and oxygen atoms in total. The van der Waals surface area contributed by atoms with Crippen molar-refractivity contribution in [2.45, 2.75) is 31.7 Å². The second kappa shape index (κ2) is 5.44. The van der Waals surface area contributed by atoms with Gasteiger partial charge in [0, 0.05) is 42.9 Å². The van der Waals surface area contributed by atoms with Gasteiger partial charge < -0.3 is 4.90 Å². The van der Waals surface area contributed by atoms with E-state index >= 15 is 0 Å². The minimum absolute atomic E-state index is 0.416. The van der Waals surface area contributed by atoms with E-state index in [0.717, 1.165) is 24.7 Å². The maximum Gasteiger partial charge on any atom is 0.161 e. The van der Waals surface area contributed by atoms with Gasteiger partial charge in [-0.2, -0.15) is 0 Å². The Morgan fingerprint density at radius 3 is 2.68 bits per heavy atom. The van der Waals surface area contributed by atoms with E-state index in [4.69, 9.17) is 0 Å². The number of aromatic nitrogens is 3. The van der Waals surface area contributed by atoms with Crippen molar-refractivity contribution in [3.63, 3.8) is 0 Å². The second-order valence-electron chi connectivity index (χ2n) is 6.80. The molecule has 1 aliphatic heterocycles. The van der Waals surface area contributed by atoms with Crippen LogP contribution in [0.3, 0.4) is 0 Å². The predicted molar refractivity (Wildman–Crippen MR) is 90.4 cm³/mol. The number of hydrogen-bond acceptors (Lipinski definition) is 4. The van der Waals surface area contributed by atoms with Crippen molar-refractivity contribution in [1.82, 2.24) is 15.0 Å². The first-order valence-corrected chi connectivity index (χ1v) is 8.51. The second-order valence-corrected chi connectivity index (χ2v) is 6.80. The van der Waals surface area contributed by atoms with Crippen LogP contribution in [0.2, 0.25) is 0 Å². The highest BCUT2D eigenvalue weighted by molar-refractivity contribution is 5.89. The average molecular weight is 338 g/mol. The molecule has 3 heterocycles. The molecule has 1 aliphatic carbocycles. The van der Waals surface area contributed by atoms with Crippen LogP contribution in [0.15, 0.2) is 30.7 Å². The fraction of sp³-hybridized carbons (Fsp3) is 0.316. The quantitative estimate of drug-likeness (QED) is 0.714. The van der Waals surface area contributed by atoms with E-state index in [1.807, 2.05) is 6.20 Å². The van der Waals surface area contributed by atoms with Crippen molar-refractivity contribution >= 4 is 16.7 Å². The third-order valence-electron chi connectivity index (χ3n) is 5.07. The number of fused-ring (bicyclic) bond motifs is 2. The highest BCUT2D eigenvalue weighted by Gasteiger charge is 2.27. The number of rotatable bonds is 2. The number of hydrogen-bond donors (Lipinski definition) is 0. The molecule has 0 unspecified atom stereocenters. The van der Waals surface area contributed by atoms with Gasteiger partial charge in [0.2, 0.25) is 0 Å². The molecule has 25 heavy (non-hydrogen) atoms. The number of anilines is 1. The van der Waals surface area contributed by atoms with Gasteiger partial charge in [-0.3, -0.25) is 4.98 Å². The molecule has 0 atom stereocenters. The van der Waals surface area contributed by atoms with Crippen LogP contribution < -0.4 is 4.90 Å². The van der Waals surface area contributed by atoms with Crippen molar-refractivity contribution in [2.24, 2.45) is 0 Å². The largest absolute Gasteiger partial charge is 0.351 e. The van der Waals surface area contributed by atoms with Crippen molar-refractivity contribution in [3.8, 4) is 0 Å². The lowest BCUT2D eigenvalue weighted by molar-refractivity contribution is 0.510. The summed E-state index contributed by atoms with van der Waals surface area (Å²) in [5.41, 5.74) is 4.04. The monoisotopic (exact) mass is 338 g/mol. The van der Waals surface area contributed by atoms with Crippen LogP contribution in [0.4, 0.5) is 14.6 Å². The molecule has 0 saturated heterocycles. The SMILES string of the molecule is Fc1cc2ncnc(N3CCc4ncc(C5CC5)cc4C3)c2cc1F. The van der Waals surface area contributed by atoms with Crippen molar-refractivity contribution in [3.05, 3.63) is 59.2 Å². The van der Waals surface area contributed by atoms with Crippen LogP contribution in [0.5, 0.6) is 0 Å². The van der Waals surface area contributed by atoms with Gasteiger partial charge in [0.15, 0.2) is 11.6 Å². The summed E-state index contributed by atoms with van der Waals surface area (Å²) in [6, 6.07) is 4.56. The summed E-state index contributed by atoms with van der Waals surface area (Å²) < 4.78 is 27.2. The van der Waals surface area contributed by atoms with Gasteiger partial charge in [-0.25, -0.2) is 18.7 Å². The molecule has 1 aromatic carbocycles. The first kappa shape index (κ1) is 14.7. The van der Waals surface area contributed by atoms with E-state index in [-0.39, 0.29) is 0 Å². The highest BCUT2D eigenvalue weighted by Crippen LogP contribution is 2.40. The van der Waals surface area contributed by atoms with E-state index in [2.05, 4.69) is 25.9 Å². The molecule has 1 fully saturated rings. The van der Waals surface area contributed by atoms with Crippen molar-refractivity contribution in [2.75, 3.05) is 11.4 Å². The molecule has 1 saturated carbocycles. The fourth-order valence-electron chi connectivity index (χ4n) is 3.55. The number of benzene rings is 1. The zero-order valence-electron chi connectivity index (χ0n) is 13.5. The van der Waals surface area contributed by atoms with Gasteiger partial charge in [-0.05, 0) is 36.0 Å². The Hall–Kier alpha value is -2.63. The van der Waals surface area contributed by atoms with E-state index in [0.29, 0.717) is 29.2 Å². The summed E-state index contributed by atoms with van der Waals surface area (Å²) in [4.78, 5) is 15.1. The zero-order valence-corrected chi connectivity index (χ0v) is 13.5. The third kappa shape index (κ3) is 2.52. The number of nitrogens with zero attached hydrogens (tertiary/aromatic N) is 4. The Morgan fingerprint density at radius 2 is 1.84 bits per heavy atom. The smallest absolute Gasteiger partial charge is 0.161 e. The van der Waals surface area contributed by atoms with E-state index in [1.54, 1.807) is 0 Å². The summed E-state index contributed by atoms with van der Waals surface area (Å²) in [5, 5.41) is 0.538. The number of halogens is 2. The summed E-state index contributed by atoms with van der Waals surface area (Å²) in [5.74, 6) is -0.463. The van der Waals surface area contributed by atoms with Gasteiger partial charge in [-0.15, -0.1) is 0 Å². The van der Waals surface area contributed by atoms with Crippen LogP contribution in [0.25, 0.3) is 10.9 Å². The lowest BCUT2D eigenvalue weighted by Crippen LogP contribution is -2.32. The minimum atomic E-state index is -0.889. The van der Waals surface area contributed by atoms with Crippen molar-refractivity contribution in [1.29, 1.82) is 0 Å². The minimum Gasteiger partial charge on any atom is -0.351 e. The fourth-order valence-corrected chi connectivity index (χ4v) is 3.55. The summed E-state index contributed by atoms with van der Waals surface area (Å²) in [6.07, 6.45) is 6.71. The molecule has 2 aromatic heterocycles. The van der Waals surface area contributed by atoms with E-state index < -0.39 is 11.6 Å². The van der Waals surface area contributed by atoms with Gasteiger partial charge in [0.05, 0.1) is 5.52 Å². The topological polar surface area (TPSA) is 41.9 Å². The molecule has 5 rings (SSSR count). The van der Waals surface area contributed by atoms with Crippen LogP contribution in [0, 0.1) is 11.6 Å². The normalized spacial score (nSPS) is 17.0. The molecule has 0 spiro atoms. The van der Waals surface area contributed by atoms with Crippen LogP contribution in [-0.2, 0) is 13.0 Å². The van der Waals surface area contributed by atoms with E-state index in [9.17, 15) is 8.78 Å². The lowest BCUT2D eigenvalue weighted by atomic mass is 10.0. The predicted octanol–water partition coefficient (Wildman–Crippen LogP) is 3.74. The molecular formula is C19H16F2N4. The Balaban J connectivity index is 1.55. The first-order chi connectivity index (χ1) is 12.2. The first-order valence-electron chi connectivity index (χ1n) is 8.51. The standard InChI is InChI=1S/C19H16F2N4/c20-15-6-14-18(7-16(15)21)23-10-24-19(14)25-4-3-17-13(9-25)5-12(8-22-17)11-1-2-11/h5-8,10-11H,1-4,9H2. The molecule has 0 N–H and O–H groups in total. The Kier molecular flexibility index (Phi) is 3.20. The highest BCUT2D eigenvalue weighted by atomic mass is 19.2. The zero-order chi connectivity index (χ0) is 17.0. The van der Waals surface area contributed by atoms with Crippen LogP contribution in [0.1, 0.15) is 35.6 Å². The Morgan fingerprint density at radius 1 is 1.00 bits per heavy atom.